The molecule has 180 valence electrons. The van der Waals surface area contributed by atoms with Gasteiger partial charge in [-0.3, -0.25) is 4.99 Å². The van der Waals surface area contributed by atoms with Crippen LogP contribution in [0, 0.1) is 0 Å². The largest absolute Gasteiger partial charge is 0.370 e. The molecule has 0 aliphatic carbocycles. The molecule has 0 saturated carbocycles. The van der Waals surface area contributed by atoms with Gasteiger partial charge in [0.1, 0.15) is 5.82 Å². The van der Waals surface area contributed by atoms with Crippen molar-refractivity contribution >= 4 is 46.4 Å². The van der Waals surface area contributed by atoms with E-state index in [-0.39, 0.29) is 11.4 Å². The minimum absolute atomic E-state index is 0.0496. The topological polar surface area (TPSA) is 102 Å². The summed E-state index contributed by atoms with van der Waals surface area (Å²) in [4.78, 5) is 13.7. The van der Waals surface area contributed by atoms with Crippen LogP contribution in [0.5, 0.6) is 0 Å². The molecule has 0 fully saturated rings. The van der Waals surface area contributed by atoms with Gasteiger partial charge < -0.3 is 16.8 Å². The van der Waals surface area contributed by atoms with E-state index in [1.54, 1.807) is 0 Å². The van der Waals surface area contributed by atoms with Crippen molar-refractivity contribution in [2.45, 2.75) is 51.9 Å². The normalized spacial score (nSPS) is 11.8. The molecule has 0 unspecified atom stereocenters. The minimum atomic E-state index is 0.0496. The zero-order valence-corrected chi connectivity index (χ0v) is 21.1. The molecule has 0 aliphatic rings. The van der Waals surface area contributed by atoms with E-state index in [0.29, 0.717) is 12.4 Å². The standard InChI is InChI=1S/C27H35ClN6/c1-27(2,3)20-11-14-23-22(18-20)25(31-16-6-4-5-7-17-32-26(29)30)34-24(33-23)15-10-19-8-12-21(28)13-9-19/h8-15,18H,4-7,16-17H2,1-3H3,(H4,29,30,32)(H,31,33,34)/b15-10+. The number of unbranched alkanes of at least 4 members (excludes halogenated alkanes) is 3. The van der Waals surface area contributed by atoms with Crippen LogP contribution in [0.2, 0.25) is 5.02 Å². The number of nitrogens with two attached hydrogens (primary N) is 2. The first-order valence-electron chi connectivity index (χ1n) is 11.8. The summed E-state index contributed by atoms with van der Waals surface area (Å²) in [7, 11) is 0. The predicted molar refractivity (Wildman–Crippen MR) is 146 cm³/mol. The van der Waals surface area contributed by atoms with Crippen molar-refractivity contribution in [2.24, 2.45) is 16.5 Å². The molecule has 1 aromatic heterocycles. The van der Waals surface area contributed by atoms with E-state index in [1.807, 2.05) is 36.4 Å². The van der Waals surface area contributed by atoms with Gasteiger partial charge in [-0.05, 0) is 59.7 Å². The molecule has 2 aromatic carbocycles. The Balaban J connectivity index is 1.76. The lowest BCUT2D eigenvalue weighted by atomic mass is 9.86. The molecule has 3 rings (SSSR count). The molecule has 0 atom stereocenters. The molecular formula is C27H35ClN6. The van der Waals surface area contributed by atoms with Crippen LogP contribution < -0.4 is 16.8 Å². The van der Waals surface area contributed by atoms with Gasteiger partial charge in [0.25, 0.3) is 0 Å². The molecular weight excluding hydrogens is 444 g/mol. The number of aliphatic imine (C=N–C) groups is 1. The highest BCUT2D eigenvalue weighted by molar-refractivity contribution is 6.30. The van der Waals surface area contributed by atoms with Crippen molar-refractivity contribution in [2.75, 3.05) is 18.4 Å². The SMILES string of the molecule is CC(C)(C)c1ccc2nc(/C=C/c3ccc(Cl)cc3)nc(NCCCCCCN=C(N)N)c2c1. The third-order valence-corrected chi connectivity index (χ3v) is 5.80. The number of anilines is 1. The average molecular weight is 479 g/mol. The Hall–Kier alpha value is -3.12. The second-order valence-corrected chi connectivity index (χ2v) is 9.88. The molecule has 1 heterocycles. The number of fused-ring (bicyclic) bond motifs is 1. The second kappa shape index (κ2) is 11.8. The smallest absolute Gasteiger partial charge is 0.185 e. The Labute approximate surface area is 207 Å². The second-order valence-electron chi connectivity index (χ2n) is 9.44. The Morgan fingerprint density at radius 2 is 1.71 bits per heavy atom. The monoisotopic (exact) mass is 478 g/mol. The van der Waals surface area contributed by atoms with Gasteiger partial charge in [-0.15, -0.1) is 0 Å². The van der Waals surface area contributed by atoms with Gasteiger partial charge in [0.05, 0.1) is 5.52 Å². The highest BCUT2D eigenvalue weighted by Crippen LogP contribution is 2.29. The minimum Gasteiger partial charge on any atom is -0.370 e. The molecule has 0 radical (unpaired) electrons. The van der Waals surface area contributed by atoms with Crippen molar-refractivity contribution in [3.05, 3.63) is 64.4 Å². The first kappa shape index (κ1) is 25.5. The fraction of sp³-hybridized carbons (Fsp3) is 0.370. The van der Waals surface area contributed by atoms with E-state index in [0.717, 1.165) is 59.5 Å². The van der Waals surface area contributed by atoms with Crippen LogP contribution in [0.1, 0.15) is 63.4 Å². The summed E-state index contributed by atoms with van der Waals surface area (Å²) in [6, 6.07) is 14.2. The predicted octanol–water partition coefficient (Wildman–Crippen LogP) is 6.00. The van der Waals surface area contributed by atoms with Gasteiger partial charge in [0, 0.05) is 23.5 Å². The lowest BCUT2D eigenvalue weighted by Gasteiger charge is -2.20. The number of aromatic nitrogens is 2. The maximum absolute atomic E-state index is 6.00. The summed E-state index contributed by atoms with van der Waals surface area (Å²) in [5.74, 6) is 1.70. The van der Waals surface area contributed by atoms with Gasteiger partial charge in [-0.2, -0.15) is 0 Å². The van der Waals surface area contributed by atoms with E-state index in [2.05, 4.69) is 49.3 Å². The number of nitrogens with one attached hydrogen (secondary N) is 1. The summed E-state index contributed by atoms with van der Waals surface area (Å²) < 4.78 is 0. The molecule has 0 spiro atoms. The molecule has 7 heteroatoms. The molecule has 0 aliphatic heterocycles. The van der Waals surface area contributed by atoms with Crippen LogP contribution in [0.25, 0.3) is 23.1 Å². The summed E-state index contributed by atoms with van der Waals surface area (Å²) in [5.41, 5.74) is 14.0. The maximum Gasteiger partial charge on any atom is 0.185 e. The number of benzene rings is 2. The van der Waals surface area contributed by atoms with E-state index >= 15 is 0 Å². The number of nitrogens with zero attached hydrogens (tertiary/aromatic N) is 3. The van der Waals surface area contributed by atoms with Crippen molar-refractivity contribution in [3.63, 3.8) is 0 Å². The quantitative estimate of drug-likeness (QED) is 0.188. The fourth-order valence-electron chi connectivity index (χ4n) is 3.57. The Morgan fingerprint density at radius 3 is 2.41 bits per heavy atom. The molecule has 5 N–H and O–H groups in total. The maximum atomic E-state index is 6.00. The van der Waals surface area contributed by atoms with Gasteiger partial charge in [-0.25, -0.2) is 9.97 Å². The van der Waals surface area contributed by atoms with Crippen LogP contribution in [-0.2, 0) is 5.41 Å². The van der Waals surface area contributed by atoms with Crippen LogP contribution >= 0.6 is 11.6 Å². The van der Waals surface area contributed by atoms with Gasteiger partial charge in [-0.1, -0.05) is 69.5 Å². The van der Waals surface area contributed by atoms with Crippen LogP contribution in [0.4, 0.5) is 5.82 Å². The van der Waals surface area contributed by atoms with Crippen molar-refractivity contribution in [3.8, 4) is 0 Å². The number of hydrogen-bond donors (Lipinski definition) is 3. The number of guanidine groups is 1. The first-order valence-corrected chi connectivity index (χ1v) is 12.2. The number of halogens is 1. The lowest BCUT2D eigenvalue weighted by molar-refractivity contribution is 0.591. The van der Waals surface area contributed by atoms with Crippen LogP contribution in [0.3, 0.4) is 0 Å². The number of rotatable bonds is 10. The molecule has 0 amide bonds. The van der Waals surface area contributed by atoms with E-state index < -0.39 is 0 Å². The molecule has 0 saturated heterocycles. The van der Waals surface area contributed by atoms with Crippen LogP contribution in [0.15, 0.2) is 47.5 Å². The molecule has 6 nitrogen and oxygen atoms in total. The third kappa shape index (κ3) is 7.73. The zero-order chi connectivity index (χ0) is 24.6. The van der Waals surface area contributed by atoms with E-state index in [9.17, 15) is 0 Å². The van der Waals surface area contributed by atoms with Gasteiger partial charge in [0.15, 0.2) is 11.8 Å². The summed E-state index contributed by atoms with van der Waals surface area (Å²) in [6.45, 7) is 8.18. The highest BCUT2D eigenvalue weighted by Gasteiger charge is 2.16. The number of hydrogen-bond acceptors (Lipinski definition) is 4. The molecule has 0 bridgehead atoms. The highest BCUT2D eigenvalue weighted by atomic mass is 35.5. The Bertz CT molecular complexity index is 1140. The average Bonchev–Trinajstić information content (AvgIpc) is 2.79. The van der Waals surface area contributed by atoms with Gasteiger partial charge >= 0.3 is 0 Å². The summed E-state index contributed by atoms with van der Waals surface area (Å²) in [5, 5.41) is 5.32. The third-order valence-electron chi connectivity index (χ3n) is 5.55. The summed E-state index contributed by atoms with van der Waals surface area (Å²) >= 11 is 6.00. The van der Waals surface area contributed by atoms with E-state index in [1.165, 1.54) is 5.56 Å². The molecule has 34 heavy (non-hydrogen) atoms. The summed E-state index contributed by atoms with van der Waals surface area (Å²) in [6.07, 6.45) is 8.17. The van der Waals surface area contributed by atoms with Crippen LogP contribution in [-0.4, -0.2) is 29.0 Å². The Kier molecular flexibility index (Phi) is 8.88. The van der Waals surface area contributed by atoms with Crippen molar-refractivity contribution in [1.82, 2.24) is 9.97 Å². The zero-order valence-electron chi connectivity index (χ0n) is 20.3. The Morgan fingerprint density at radius 1 is 0.971 bits per heavy atom. The fourth-order valence-corrected chi connectivity index (χ4v) is 3.70. The van der Waals surface area contributed by atoms with Crippen molar-refractivity contribution in [1.29, 1.82) is 0 Å². The first-order chi connectivity index (χ1) is 16.2. The van der Waals surface area contributed by atoms with E-state index in [4.69, 9.17) is 33.0 Å². The van der Waals surface area contributed by atoms with Crippen molar-refractivity contribution < 1.29 is 0 Å². The molecule has 3 aromatic rings. The van der Waals surface area contributed by atoms with Gasteiger partial charge in [0.2, 0.25) is 0 Å². The lowest BCUT2D eigenvalue weighted by Crippen LogP contribution is -2.22.